The maximum absolute atomic E-state index is 10.3. The summed E-state index contributed by atoms with van der Waals surface area (Å²) >= 11 is 0. The molecule has 1 amide bonds. The first-order valence-corrected chi connectivity index (χ1v) is 5.19. The van der Waals surface area contributed by atoms with Gasteiger partial charge >= 0.3 is 6.09 Å². The Hall–Kier alpha value is -2.06. The van der Waals surface area contributed by atoms with Crippen LogP contribution in [0.15, 0.2) is 30.3 Å². The van der Waals surface area contributed by atoms with Crippen LogP contribution < -0.4 is 5.73 Å². The van der Waals surface area contributed by atoms with Gasteiger partial charge in [-0.3, -0.25) is 0 Å². The van der Waals surface area contributed by atoms with Crippen LogP contribution in [0, 0.1) is 11.3 Å². The summed E-state index contributed by atoms with van der Waals surface area (Å²) in [5.74, 6) is 0. The van der Waals surface area contributed by atoms with Gasteiger partial charge in [0.2, 0.25) is 0 Å². The summed E-state index contributed by atoms with van der Waals surface area (Å²) in [7, 11) is 0. The molecule has 1 aromatic carbocycles. The van der Waals surface area contributed by atoms with Gasteiger partial charge in [0.25, 0.3) is 0 Å². The SMILES string of the molecule is N#CC(CCOC(N)=O)OCc1ccccc1. The molecule has 0 aromatic heterocycles. The minimum atomic E-state index is -0.843. The number of nitriles is 1. The Bertz CT molecular complexity index is 386. The number of hydrogen-bond acceptors (Lipinski definition) is 4. The second kappa shape index (κ2) is 7.25. The Morgan fingerprint density at radius 3 is 2.71 bits per heavy atom. The average molecular weight is 234 g/mol. The Kier molecular flexibility index (Phi) is 5.55. The number of carbonyl (C=O) groups is 1. The molecule has 5 nitrogen and oxygen atoms in total. The van der Waals surface area contributed by atoms with Gasteiger partial charge in [-0.15, -0.1) is 0 Å². The van der Waals surface area contributed by atoms with E-state index in [1.54, 1.807) is 0 Å². The molecule has 1 unspecified atom stereocenters. The molecule has 1 aromatic rings. The smallest absolute Gasteiger partial charge is 0.404 e. The summed E-state index contributed by atoms with van der Waals surface area (Å²) in [5, 5.41) is 8.82. The highest BCUT2D eigenvalue weighted by Gasteiger charge is 2.08. The first-order chi connectivity index (χ1) is 8.22. The first-order valence-electron chi connectivity index (χ1n) is 5.19. The Morgan fingerprint density at radius 2 is 2.12 bits per heavy atom. The molecule has 0 spiro atoms. The van der Waals surface area contributed by atoms with E-state index in [2.05, 4.69) is 4.74 Å². The number of benzene rings is 1. The van der Waals surface area contributed by atoms with Crippen LogP contribution in [0.1, 0.15) is 12.0 Å². The molecule has 5 heteroatoms. The van der Waals surface area contributed by atoms with E-state index in [0.29, 0.717) is 13.0 Å². The van der Waals surface area contributed by atoms with E-state index in [1.165, 1.54) is 0 Å². The van der Waals surface area contributed by atoms with E-state index >= 15 is 0 Å². The standard InChI is InChI=1S/C12H14N2O3/c13-8-11(6-7-16-12(14)15)17-9-10-4-2-1-3-5-10/h1-5,11H,6-7,9H2,(H2,14,15). The summed E-state index contributed by atoms with van der Waals surface area (Å²) in [6, 6.07) is 11.5. The lowest BCUT2D eigenvalue weighted by molar-refractivity contribution is 0.0549. The van der Waals surface area contributed by atoms with Crippen molar-refractivity contribution < 1.29 is 14.3 Å². The molecule has 0 saturated carbocycles. The molecule has 0 aliphatic heterocycles. The van der Waals surface area contributed by atoms with Crippen molar-refractivity contribution in [1.29, 1.82) is 5.26 Å². The van der Waals surface area contributed by atoms with Gasteiger partial charge in [-0.2, -0.15) is 5.26 Å². The monoisotopic (exact) mass is 234 g/mol. The minimum absolute atomic E-state index is 0.0857. The van der Waals surface area contributed by atoms with Gasteiger partial charge in [0, 0.05) is 6.42 Å². The van der Waals surface area contributed by atoms with Gasteiger partial charge in [-0.05, 0) is 5.56 Å². The van der Waals surface area contributed by atoms with Crippen molar-refractivity contribution in [3.8, 4) is 6.07 Å². The quantitative estimate of drug-likeness (QED) is 0.809. The van der Waals surface area contributed by atoms with E-state index in [1.807, 2.05) is 36.4 Å². The minimum Gasteiger partial charge on any atom is -0.450 e. The Labute approximate surface area is 99.7 Å². The van der Waals surface area contributed by atoms with Gasteiger partial charge < -0.3 is 15.2 Å². The third-order valence-corrected chi connectivity index (χ3v) is 2.06. The van der Waals surface area contributed by atoms with Gasteiger partial charge in [-0.1, -0.05) is 30.3 Å². The van der Waals surface area contributed by atoms with Crippen LogP contribution in [-0.2, 0) is 16.1 Å². The number of carbonyl (C=O) groups excluding carboxylic acids is 1. The van der Waals surface area contributed by atoms with Crippen LogP contribution in [0.4, 0.5) is 4.79 Å². The van der Waals surface area contributed by atoms with E-state index in [9.17, 15) is 4.79 Å². The molecule has 0 aliphatic rings. The molecule has 0 aliphatic carbocycles. The molecule has 0 heterocycles. The third-order valence-electron chi connectivity index (χ3n) is 2.06. The number of nitrogens with two attached hydrogens (primary N) is 1. The number of primary amides is 1. The van der Waals surface area contributed by atoms with Crippen molar-refractivity contribution in [3.05, 3.63) is 35.9 Å². The number of amides is 1. The Balaban J connectivity index is 2.28. The topological polar surface area (TPSA) is 85.3 Å². The molecule has 0 radical (unpaired) electrons. The number of rotatable bonds is 6. The lowest BCUT2D eigenvalue weighted by Gasteiger charge is -2.10. The first kappa shape index (κ1) is 13.0. The van der Waals surface area contributed by atoms with E-state index < -0.39 is 12.2 Å². The Morgan fingerprint density at radius 1 is 1.41 bits per heavy atom. The predicted molar refractivity (Wildman–Crippen MR) is 60.8 cm³/mol. The molecule has 0 fully saturated rings. The summed E-state index contributed by atoms with van der Waals surface area (Å²) in [5.41, 5.74) is 5.79. The van der Waals surface area contributed by atoms with Crippen molar-refractivity contribution in [1.82, 2.24) is 0 Å². The molecule has 0 saturated heterocycles. The van der Waals surface area contributed by atoms with Gasteiger partial charge in [0.05, 0.1) is 19.3 Å². The van der Waals surface area contributed by atoms with Crippen LogP contribution in [0.25, 0.3) is 0 Å². The van der Waals surface area contributed by atoms with Crippen LogP contribution in [-0.4, -0.2) is 18.8 Å². The van der Waals surface area contributed by atoms with Crippen molar-refractivity contribution in [2.24, 2.45) is 5.73 Å². The summed E-state index contributed by atoms with van der Waals surface area (Å²) in [6.07, 6.45) is -1.13. The fraction of sp³-hybridized carbons (Fsp3) is 0.333. The number of hydrogen-bond donors (Lipinski definition) is 1. The second-order valence-corrected chi connectivity index (χ2v) is 3.37. The molecule has 90 valence electrons. The lowest BCUT2D eigenvalue weighted by atomic mass is 10.2. The predicted octanol–water partition coefficient (Wildman–Crippen LogP) is 1.58. The van der Waals surface area contributed by atoms with Crippen LogP contribution in [0.5, 0.6) is 0 Å². The second-order valence-electron chi connectivity index (χ2n) is 3.37. The van der Waals surface area contributed by atoms with Crippen LogP contribution in [0.3, 0.4) is 0 Å². The number of nitrogens with zero attached hydrogens (tertiary/aromatic N) is 1. The third kappa shape index (κ3) is 5.54. The van der Waals surface area contributed by atoms with E-state index in [0.717, 1.165) is 5.56 Å². The maximum atomic E-state index is 10.3. The van der Waals surface area contributed by atoms with E-state index in [-0.39, 0.29) is 6.61 Å². The highest BCUT2D eigenvalue weighted by molar-refractivity contribution is 5.64. The van der Waals surface area contributed by atoms with Crippen LogP contribution in [0.2, 0.25) is 0 Å². The zero-order valence-electron chi connectivity index (χ0n) is 9.33. The maximum Gasteiger partial charge on any atom is 0.404 e. The van der Waals surface area contributed by atoms with Gasteiger partial charge in [0.15, 0.2) is 0 Å². The number of ether oxygens (including phenoxy) is 2. The van der Waals surface area contributed by atoms with Crippen molar-refractivity contribution in [3.63, 3.8) is 0 Å². The van der Waals surface area contributed by atoms with Gasteiger partial charge in [-0.25, -0.2) is 4.79 Å². The van der Waals surface area contributed by atoms with Crippen molar-refractivity contribution >= 4 is 6.09 Å². The lowest BCUT2D eigenvalue weighted by Crippen LogP contribution is -2.18. The molecule has 1 atom stereocenters. The molecule has 1 rings (SSSR count). The zero-order valence-corrected chi connectivity index (χ0v) is 9.33. The fourth-order valence-electron chi connectivity index (χ4n) is 1.22. The van der Waals surface area contributed by atoms with E-state index in [4.69, 9.17) is 15.7 Å². The van der Waals surface area contributed by atoms with Gasteiger partial charge in [0.1, 0.15) is 6.10 Å². The molecule has 17 heavy (non-hydrogen) atoms. The molecule has 2 N–H and O–H groups in total. The molecular formula is C12H14N2O3. The fourth-order valence-corrected chi connectivity index (χ4v) is 1.22. The summed E-state index contributed by atoms with van der Waals surface area (Å²) in [4.78, 5) is 10.3. The van der Waals surface area contributed by atoms with Crippen molar-refractivity contribution in [2.45, 2.75) is 19.1 Å². The highest BCUT2D eigenvalue weighted by Crippen LogP contribution is 2.05. The highest BCUT2D eigenvalue weighted by atomic mass is 16.5. The summed E-state index contributed by atoms with van der Waals surface area (Å²) < 4.78 is 9.90. The average Bonchev–Trinajstić information content (AvgIpc) is 2.34. The normalized spacial score (nSPS) is 11.5. The zero-order chi connectivity index (χ0) is 12.5. The molecule has 0 bridgehead atoms. The van der Waals surface area contributed by atoms with Crippen molar-refractivity contribution in [2.75, 3.05) is 6.61 Å². The largest absolute Gasteiger partial charge is 0.450 e. The summed E-state index contributed by atoms with van der Waals surface area (Å²) in [6.45, 7) is 0.442. The van der Waals surface area contributed by atoms with Crippen LogP contribution >= 0.6 is 0 Å². The molecular weight excluding hydrogens is 220 g/mol.